The number of fused-ring (bicyclic) bond motifs is 1. The number of ether oxygens (including phenoxy) is 1. The maximum absolute atomic E-state index is 13.3. The summed E-state index contributed by atoms with van der Waals surface area (Å²) < 4.78 is 34.4. The number of amides is 2. The lowest BCUT2D eigenvalue weighted by Gasteiger charge is -2.17. The van der Waals surface area contributed by atoms with Crippen molar-refractivity contribution in [2.24, 2.45) is 10.7 Å². The van der Waals surface area contributed by atoms with Crippen LogP contribution in [0.5, 0.6) is 0 Å². The van der Waals surface area contributed by atoms with Gasteiger partial charge in [-0.3, -0.25) is 23.7 Å². The topological polar surface area (TPSA) is 192 Å². The van der Waals surface area contributed by atoms with E-state index in [2.05, 4.69) is 20.0 Å². The first-order valence-corrected chi connectivity index (χ1v) is 14.8. The van der Waals surface area contributed by atoms with Gasteiger partial charge in [0.1, 0.15) is 29.0 Å². The number of Topliss-reactive ketones (excluding diaryl/α,β-unsaturated/α-hetero) is 1. The van der Waals surface area contributed by atoms with E-state index in [0.717, 1.165) is 11.8 Å². The van der Waals surface area contributed by atoms with Crippen LogP contribution >= 0.6 is 0 Å². The molecule has 13 nitrogen and oxygen atoms in total. The highest BCUT2D eigenvalue weighted by molar-refractivity contribution is 7.92. The Balaban J connectivity index is 1.43. The van der Waals surface area contributed by atoms with Gasteiger partial charge in [0.25, 0.3) is 15.6 Å². The van der Waals surface area contributed by atoms with E-state index >= 15 is 0 Å². The largest absolute Gasteiger partial charge is 0.442 e. The highest BCUT2D eigenvalue weighted by atomic mass is 32.2. The first kappa shape index (κ1) is 31.1. The van der Waals surface area contributed by atoms with Gasteiger partial charge in [0.2, 0.25) is 5.91 Å². The second kappa shape index (κ2) is 12.2. The lowest BCUT2D eigenvalue weighted by atomic mass is 10.1. The van der Waals surface area contributed by atoms with Crippen LogP contribution in [0.15, 0.2) is 69.4 Å². The minimum Gasteiger partial charge on any atom is -0.442 e. The highest BCUT2D eigenvalue weighted by Crippen LogP contribution is 2.24. The van der Waals surface area contributed by atoms with Gasteiger partial charge in [0.15, 0.2) is 5.78 Å². The van der Waals surface area contributed by atoms with E-state index in [4.69, 9.17) is 10.5 Å². The average molecular weight is 609 g/mol. The first-order valence-electron chi connectivity index (χ1n) is 13.3. The first-order chi connectivity index (χ1) is 20.1. The van der Waals surface area contributed by atoms with Crippen molar-refractivity contribution in [3.8, 4) is 0 Å². The number of hydrogen-bond acceptors (Lipinski definition) is 8. The molecular formula is C29H32N6O7S. The number of carbonyl (C=O) groups excluding carboxylic acids is 3. The highest BCUT2D eigenvalue weighted by Gasteiger charge is 2.31. The average Bonchev–Trinajstić information content (AvgIpc) is 3.37. The van der Waals surface area contributed by atoms with Crippen LogP contribution in [0.4, 0.5) is 10.5 Å². The van der Waals surface area contributed by atoms with Gasteiger partial charge < -0.3 is 15.8 Å². The predicted molar refractivity (Wildman–Crippen MR) is 158 cm³/mol. The van der Waals surface area contributed by atoms with Crippen LogP contribution < -0.4 is 21.3 Å². The minimum atomic E-state index is -4.16. The van der Waals surface area contributed by atoms with Crippen molar-refractivity contribution in [2.45, 2.75) is 63.6 Å². The van der Waals surface area contributed by atoms with Crippen molar-refractivity contribution < 1.29 is 27.5 Å². The van der Waals surface area contributed by atoms with E-state index in [0.29, 0.717) is 29.8 Å². The molecule has 2 heterocycles. The summed E-state index contributed by atoms with van der Waals surface area (Å²) in [6.07, 6.45) is 1.00. The van der Waals surface area contributed by atoms with Gasteiger partial charge in [0.05, 0.1) is 11.1 Å². The Bertz CT molecular complexity index is 1760. The molecular weight excluding hydrogens is 576 g/mol. The zero-order valence-corrected chi connectivity index (χ0v) is 24.9. The molecule has 226 valence electrons. The molecule has 1 aliphatic heterocycles. The Morgan fingerprint density at radius 3 is 2.30 bits per heavy atom. The number of anilines is 1. The fourth-order valence-electron chi connectivity index (χ4n) is 4.34. The molecule has 0 radical (unpaired) electrons. The van der Waals surface area contributed by atoms with E-state index < -0.39 is 39.2 Å². The third kappa shape index (κ3) is 7.52. The molecule has 0 saturated heterocycles. The van der Waals surface area contributed by atoms with Crippen molar-refractivity contribution in [3.63, 3.8) is 0 Å². The lowest BCUT2D eigenvalue weighted by Crippen LogP contribution is -2.36. The van der Waals surface area contributed by atoms with Crippen LogP contribution in [0.3, 0.4) is 0 Å². The van der Waals surface area contributed by atoms with E-state index in [-0.39, 0.29) is 28.7 Å². The summed E-state index contributed by atoms with van der Waals surface area (Å²) in [6.45, 7) is 6.66. The van der Waals surface area contributed by atoms with Crippen molar-refractivity contribution in [2.75, 3.05) is 4.72 Å². The molecule has 0 unspecified atom stereocenters. The van der Waals surface area contributed by atoms with Gasteiger partial charge in [-0.05, 0) is 51.8 Å². The van der Waals surface area contributed by atoms with Gasteiger partial charge in [-0.1, -0.05) is 36.4 Å². The van der Waals surface area contributed by atoms with Crippen LogP contribution in [0.2, 0.25) is 0 Å². The maximum atomic E-state index is 13.3. The number of sulfonamides is 1. The molecule has 14 heteroatoms. The molecule has 2 aromatic carbocycles. The number of aryl methyl sites for hydroxylation is 1. The Morgan fingerprint density at radius 2 is 1.70 bits per heavy atom. The summed E-state index contributed by atoms with van der Waals surface area (Å²) in [6, 6.07) is 11.1. The van der Waals surface area contributed by atoms with E-state index in [1.807, 2.05) is 0 Å². The molecule has 2 amide bonds. The van der Waals surface area contributed by atoms with Crippen LogP contribution in [0.25, 0.3) is 0 Å². The number of rotatable bonds is 8. The van der Waals surface area contributed by atoms with Crippen LogP contribution in [-0.4, -0.2) is 47.2 Å². The molecule has 0 saturated carbocycles. The van der Waals surface area contributed by atoms with Crippen molar-refractivity contribution >= 4 is 39.3 Å². The van der Waals surface area contributed by atoms with Gasteiger partial charge >= 0.3 is 6.09 Å². The van der Waals surface area contributed by atoms with Crippen molar-refractivity contribution in [1.29, 1.82) is 0 Å². The summed E-state index contributed by atoms with van der Waals surface area (Å²) in [5.41, 5.74) is 5.77. The fourth-order valence-corrected chi connectivity index (χ4v) is 5.39. The van der Waals surface area contributed by atoms with E-state index in [1.54, 1.807) is 45.0 Å². The lowest BCUT2D eigenvalue weighted by molar-refractivity contribution is -0.124. The molecule has 1 atom stereocenters. The second-order valence-electron chi connectivity index (χ2n) is 10.9. The standard InChI is InChI=1S/C29H32N6O7S/c1-17(36)19-9-11-21(12-10-19)43(40,41)34-22-16-31-24-14-13-23(35(24)27(22)38)26(37)32-15-18-5-7-20(8-6-18)25(30)33-28(39)42-29(2,3)4/h5-12,16,23,34H,13-15H2,1-4H3,(H,32,37)(H2,30,33,39)/t23-/m0/s1. The third-order valence-corrected chi connectivity index (χ3v) is 7.84. The second-order valence-corrected chi connectivity index (χ2v) is 12.6. The smallest absolute Gasteiger partial charge is 0.436 e. The SMILES string of the molecule is CC(=O)c1ccc(S(=O)(=O)Nc2cnc3n(c2=O)[C@H](C(=O)NCc2ccc(C(N)=NC(=O)OC(C)(C)C)cc2)CC3)cc1. The molecule has 0 fully saturated rings. The number of aliphatic imine (C=N–C) groups is 1. The maximum Gasteiger partial charge on any atom is 0.436 e. The molecule has 1 aliphatic rings. The molecule has 0 aliphatic carbocycles. The zero-order chi connectivity index (χ0) is 31.5. The molecule has 4 N–H and O–H groups in total. The van der Waals surface area contributed by atoms with Crippen LogP contribution in [-0.2, 0) is 32.5 Å². The fraction of sp³-hybridized carbons (Fsp3) is 0.310. The Kier molecular flexibility index (Phi) is 8.80. The molecule has 0 bridgehead atoms. The van der Waals surface area contributed by atoms with E-state index in [1.165, 1.54) is 35.8 Å². The summed E-state index contributed by atoms with van der Waals surface area (Å²) in [4.78, 5) is 57.6. The Hall–Kier alpha value is -4.85. The molecule has 3 aromatic rings. The number of benzene rings is 2. The van der Waals surface area contributed by atoms with Crippen molar-refractivity contribution in [1.82, 2.24) is 14.9 Å². The van der Waals surface area contributed by atoms with Crippen LogP contribution in [0, 0.1) is 0 Å². The predicted octanol–water partition coefficient (Wildman–Crippen LogP) is 2.69. The molecule has 4 rings (SSSR count). The number of carbonyl (C=O) groups is 3. The molecule has 1 aromatic heterocycles. The minimum absolute atomic E-state index is 0.0150. The monoisotopic (exact) mass is 608 g/mol. The van der Waals surface area contributed by atoms with Crippen molar-refractivity contribution in [3.05, 3.63) is 87.6 Å². The quantitative estimate of drug-likeness (QED) is 0.196. The summed E-state index contributed by atoms with van der Waals surface area (Å²) in [5, 5.41) is 2.80. The number of amidine groups is 1. The summed E-state index contributed by atoms with van der Waals surface area (Å²) >= 11 is 0. The number of aromatic nitrogens is 2. The van der Waals surface area contributed by atoms with Crippen LogP contribution in [0.1, 0.15) is 67.5 Å². The van der Waals surface area contributed by atoms with Gasteiger partial charge in [-0.25, -0.2) is 18.2 Å². The van der Waals surface area contributed by atoms with Gasteiger partial charge in [-0.2, -0.15) is 4.99 Å². The third-order valence-electron chi connectivity index (χ3n) is 6.46. The summed E-state index contributed by atoms with van der Waals surface area (Å²) in [7, 11) is -4.16. The molecule has 0 spiro atoms. The zero-order valence-electron chi connectivity index (χ0n) is 24.1. The number of nitrogens with zero attached hydrogens (tertiary/aromatic N) is 3. The Morgan fingerprint density at radius 1 is 1.07 bits per heavy atom. The summed E-state index contributed by atoms with van der Waals surface area (Å²) in [5.74, 6) is -0.298. The number of hydrogen-bond donors (Lipinski definition) is 3. The normalized spacial score (nSPS) is 15.0. The number of ketones is 1. The van der Waals surface area contributed by atoms with Gasteiger partial charge in [0, 0.05) is 24.1 Å². The van der Waals surface area contributed by atoms with E-state index in [9.17, 15) is 27.6 Å². The molecule has 43 heavy (non-hydrogen) atoms. The van der Waals surface area contributed by atoms with Gasteiger partial charge in [-0.15, -0.1) is 0 Å². The Labute approximate surface area is 248 Å². The number of nitrogens with one attached hydrogen (secondary N) is 2. The number of nitrogens with two attached hydrogens (primary N) is 1.